The Bertz CT molecular complexity index is 1360. The fourth-order valence-electron chi connectivity index (χ4n) is 3.39. The summed E-state index contributed by atoms with van der Waals surface area (Å²) in [7, 11) is -3.79. The van der Waals surface area contributed by atoms with E-state index in [4.69, 9.17) is 0 Å². The molecule has 0 aliphatic rings. The quantitative estimate of drug-likeness (QED) is 0.362. The van der Waals surface area contributed by atoms with Gasteiger partial charge in [0.25, 0.3) is 15.9 Å². The molecule has 1 N–H and O–H groups in total. The highest BCUT2D eigenvalue weighted by atomic mass is 32.2. The van der Waals surface area contributed by atoms with Crippen molar-refractivity contribution >= 4 is 32.5 Å². The fraction of sp³-hybridized carbons (Fsp3) is 0.0833. The first-order valence-electron chi connectivity index (χ1n) is 9.85. The number of nitrogens with zero attached hydrogens (tertiary/aromatic N) is 2. The Labute approximate surface area is 180 Å². The van der Waals surface area contributed by atoms with Gasteiger partial charge in [-0.1, -0.05) is 61.5 Å². The molecule has 1 amide bonds. The van der Waals surface area contributed by atoms with Gasteiger partial charge in [0.05, 0.1) is 16.1 Å². The Balaban J connectivity index is 1.78. The third-order valence-corrected chi connectivity index (χ3v) is 6.64. The molecule has 0 unspecified atom stereocenters. The zero-order valence-electron chi connectivity index (χ0n) is 16.9. The van der Waals surface area contributed by atoms with E-state index in [1.165, 1.54) is 3.97 Å². The molecule has 0 saturated carbocycles. The molecule has 156 valence electrons. The van der Waals surface area contributed by atoms with Gasteiger partial charge >= 0.3 is 0 Å². The summed E-state index contributed by atoms with van der Waals surface area (Å²) in [5.41, 5.74) is 4.88. The summed E-state index contributed by atoms with van der Waals surface area (Å²) in [5.74, 6) is -0.327. The third-order valence-electron chi connectivity index (χ3n) is 4.95. The van der Waals surface area contributed by atoms with Crippen molar-refractivity contribution in [2.45, 2.75) is 18.2 Å². The minimum absolute atomic E-state index is 0.203. The fourth-order valence-corrected chi connectivity index (χ4v) is 4.78. The van der Waals surface area contributed by atoms with E-state index < -0.39 is 10.0 Å². The van der Waals surface area contributed by atoms with Gasteiger partial charge in [-0.05, 0) is 36.8 Å². The SMILES string of the molecule is CC/C(=N\NC(=O)c1ccccc1)c1cn(S(=O)(=O)c2ccccc2)c2ccccc12. The van der Waals surface area contributed by atoms with Gasteiger partial charge in [0.1, 0.15) is 0 Å². The number of para-hydroxylation sites is 1. The van der Waals surface area contributed by atoms with E-state index in [1.807, 2.05) is 25.1 Å². The molecule has 31 heavy (non-hydrogen) atoms. The second kappa shape index (κ2) is 8.57. The minimum Gasteiger partial charge on any atom is -0.267 e. The average molecular weight is 432 g/mol. The smallest absolute Gasteiger partial charge is 0.267 e. The van der Waals surface area contributed by atoms with Crippen molar-refractivity contribution in [3.05, 3.63) is 102 Å². The molecule has 7 heteroatoms. The predicted octanol–water partition coefficient (Wildman–Crippen LogP) is 4.42. The molecule has 0 saturated heterocycles. The molecule has 4 rings (SSSR count). The molecule has 4 aromatic rings. The summed E-state index contributed by atoms with van der Waals surface area (Å²) < 4.78 is 27.8. The number of hydrazone groups is 1. The second-order valence-electron chi connectivity index (χ2n) is 6.89. The van der Waals surface area contributed by atoms with Crippen molar-refractivity contribution in [3.8, 4) is 0 Å². The van der Waals surface area contributed by atoms with Crippen LogP contribution in [0.4, 0.5) is 0 Å². The van der Waals surface area contributed by atoms with Crippen molar-refractivity contribution in [2.24, 2.45) is 5.10 Å². The summed E-state index contributed by atoms with van der Waals surface area (Å²) in [6, 6.07) is 24.3. The van der Waals surface area contributed by atoms with Gasteiger partial charge in [-0.3, -0.25) is 4.79 Å². The average Bonchev–Trinajstić information content (AvgIpc) is 3.21. The zero-order chi connectivity index (χ0) is 21.8. The Hall–Kier alpha value is -3.71. The summed E-state index contributed by atoms with van der Waals surface area (Å²) in [5, 5.41) is 5.06. The highest BCUT2D eigenvalue weighted by Gasteiger charge is 2.22. The topological polar surface area (TPSA) is 80.5 Å². The number of hydrogen-bond acceptors (Lipinski definition) is 4. The number of carbonyl (C=O) groups is 1. The Morgan fingerprint density at radius 1 is 0.903 bits per heavy atom. The number of nitrogens with one attached hydrogen (secondary N) is 1. The molecule has 0 aliphatic carbocycles. The van der Waals surface area contributed by atoms with Crippen LogP contribution in [0.15, 0.2) is 101 Å². The van der Waals surface area contributed by atoms with Crippen molar-refractivity contribution in [3.63, 3.8) is 0 Å². The molecule has 6 nitrogen and oxygen atoms in total. The van der Waals surface area contributed by atoms with Gasteiger partial charge in [-0.15, -0.1) is 0 Å². The van der Waals surface area contributed by atoms with E-state index in [1.54, 1.807) is 72.9 Å². The molecule has 0 fully saturated rings. The first-order valence-corrected chi connectivity index (χ1v) is 11.3. The zero-order valence-corrected chi connectivity index (χ0v) is 17.7. The van der Waals surface area contributed by atoms with Crippen LogP contribution in [-0.2, 0) is 10.0 Å². The molecule has 3 aromatic carbocycles. The first kappa shape index (κ1) is 20.6. The number of rotatable bonds is 6. The molecule has 0 bridgehead atoms. The lowest BCUT2D eigenvalue weighted by Gasteiger charge is -2.07. The van der Waals surface area contributed by atoms with Gasteiger partial charge in [-0.2, -0.15) is 5.10 Å². The number of fused-ring (bicyclic) bond motifs is 1. The Morgan fingerprint density at radius 2 is 1.52 bits per heavy atom. The monoisotopic (exact) mass is 431 g/mol. The lowest BCUT2D eigenvalue weighted by molar-refractivity contribution is 0.0955. The molecule has 0 atom stereocenters. The van der Waals surface area contributed by atoms with Crippen molar-refractivity contribution < 1.29 is 13.2 Å². The molecule has 0 spiro atoms. The van der Waals surface area contributed by atoms with Crippen LogP contribution in [-0.4, -0.2) is 24.0 Å². The summed E-state index contributed by atoms with van der Waals surface area (Å²) >= 11 is 0. The van der Waals surface area contributed by atoms with Crippen molar-refractivity contribution in [2.75, 3.05) is 0 Å². The van der Waals surface area contributed by atoms with Crippen LogP contribution in [0.2, 0.25) is 0 Å². The van der Waals surface area contributed by atoms with Crippen LogP contribution in [0.25, 0.3) is 10.9 Å². The molecular weight excluding hydrogens is 410 g/mol. The lowest BCUT2D eigenvalue weighted by Crippen LogP contribution is -2.19. The molecule has 1 heterocycles. The van der Waals surface area contributed by atoms with Crippen LogP contribution in [0.3, 0.4) is 0 Å². The summed E-state index contributed by atoms with van der Waals surface area (Å²) in [4.78, 5) is 12.6. The summed E-state index contributed by atoms with van der Waals surface area (Å²) in [6.07, 6.45) is 2.08. The van der Waals surface area contributed by atoms with Gasteiger partial charge in [0, 0.05) is 22.7 Å². The normalized spacial score (nSPS) is 12.1. The number of benzene rings is 3. The molecule has 0 aliphatic heterocycles. The predicted molar refractivity (Wildman–Crippen MR) is 122 cm³/mol. The van der Waals surface area contributed by atoms with Crippen LogP contribution < -0.4 is 5.43 Å². The van der Waals surface area contributed by atoms with Gasteiger partial charge < -0.3 is 0 Å². The molecular formula is C24H21N3O3S. The second-order valence-corrected chi connectivity index (χ2v) is 8.71. The van der Waals surface area contributed by atoms with Gasteiger partial charge in [0.15, 0.2) is 0 Å². The number of aromatic nitrogens is 1. The van der Waals surface area contributed by atoms with Crippen LogP contribution in [0, 0.1) is 0 Å². The van der Waals surface area contributed by atoms with E-state index in [0.29, 0.717) is 28.8 Å². The highest BCUT2D eigenvalue weighted by molar-refractivity contribution is 7.90. The van der Waals surface area contributed by atoms with Gasteiger partial charge in [0.2, 0.25) is 0 Å². The maximum absolute atomic E-state index is 13.3. The maximum Gasteiger partial charge on any atom is 0.271 e. The van der Waals surface area contributed by atoms with E-state index in [9.17, 15) is 13.2 Å². The number of carbonyl (C=O) groups excluding carboxylic acids is 1. The standard InChI is InChI=1S/C24H21N3O3S/c1-2-22(25-26-24(28)18-11-5-3-6-12-18)21-17-27(23-16-10-9-15-20(21)23)31(29,30)19-13-7-4-8-14-19/h3-17H,2H2,1H3,(H,26,28)/b25-22+. The summed E-state index contributed by atoms with van der Waals surface area (Å²) in [6.45, 7) is 1.91. The number of hydrogen-bond donors (Lipinski definition) is 1. The molecule has 1 aromatic heterocycles. The van der Waals surface area contributed by atoms with Crippen LogP contribution >= 0.6 is 0 Å². The highest BCUT2D eigenvalue weighted by Crippen LogP contribution is 2.27. The van der Waals surface area contributed by atoms with E-state index in [0.717, 1.165) is 5.39 Å². The van der Waals surface area contributed by atoms with Crippen LogP contribution in [0.5, 0.6) is 0 Å². The third kappa shape index (κ3) is 4.00. The first-order chi connectivity index (χ1) is 15.0. The van der Waals surface area contributed by atoms with Crippen LogP contribution in [0.1, 0.15) is 29.3 Å². The van der Waals surface area contributed by atoms with Crippen molar-refractivity contribution in [1.29, 1.82) is 0 Å². The lowest BCUT2D eigenvalue weighted by atomic mass is 10.1. The van der Waals surface area contributed by atoms with E-state index in [2.05, 4.69) is 10.5 Å². The van der Waals surface area contributed by atoms with Crippen molar-refractivity contribution in [1.82, 2.24) is 9.40 Å². The largest absolute Gasteiger partial charge is 0.271 e. The van der Waals surface area contributed by atoms with E-state index >= 15 is 0 Å². The van der Waals surface area contributed by atoms with E-state index in [-0.39, 0.29) is 10.8 Å². The maximum atomic E-state index is 13.3. The Kier molecular flexibility index (Phi) is 5.68. The molecule has 0 radical (unpaired) electrons. The Morgan fingerprint density at radius 3 is 2.19 bits per heavy atom. The minimum atomic E-state index is -3.79. The number of amides is 1. The van der Waals surface area contributed by atoms with Gasteiger partial charge in [-0.25, -0.2) is 17.8 Å².